The first-order valence-electron chi connectivity index (χ1n) is 17.5. The summed E-state index contributed by atoms with van der Waals surface area (Å²) in [6, 6.07) is 36.4. The molecule has 0 aromatic heterocycles. The molecule has 5 nitrogen and oxygen atoms in total. The molecule has 0 radical (unpaired) electrons. The SMILES string of the molecule is C=CCOCCCCc1ccc(Cc2cc([C@]34OC[C@](CI)(O3)[C@@H](C)[C@H](OCc3ccccc3)[C@H]4OCc3ccccc3)ccc2C)cc1. The first-order valence-corrected chi connectivity index (χ1v) is 19.1. The molecule has 258 valence electrons. The number of alkyl halides is 1. The first kappa shape index (κ1) is 36.0. The number of aryl methyl sites for hydroxylation is 2. The van der Waals surface area contributed by atoms with E-state index in [4.69, 9.17) is 23.7 Å². The summed E-state index contributed by atoms with van der Waals surface area (Å²) in [6.45, 7) is 10.9. The minimum absolute atomic E-state index is 0.0487. The number of ether oxygens (including phenoxy) is 5. The van der Waals surface area contributed by atoms with E-state index in [9.17, 15) is 0 Å². The molecule has 4 aromatic carbocycles. The number of rotatable bonds is 17. The monoisotopic (exact) mass is 772 g/mol. The van der Waals surface area contributed by atoms with E-state index >= 15 is 0 Å². The molecule has 2 bridgehead atoms. The number of fused-ring (bicyclic) bond motifs is 2. The van der Waals surface area contributed by atoms with Gasteiger partial charge in [-0.05, 0) is 72.1 Å². The van der Waals surface area contributed by atoms with Crippen LogP contribution in [0.3, 0.4) is 0 Å². The lowest BCUT2D eigenvalue weighted by molar-refractivity contribution is -0.329. The van der Waals surface area contributed by atoms with Crippen LogP contribution in [0.1, 0.15) is 58.7 Å². The Hall–Kier alpha value is -2.85. The number of unbranched alkanes of at least 4 members (excludes halogenated alkanes) is 1. The quantitative estimate of drug-likeness (QED) is 0.0464. The topological polar surface area (TPSA) is 46.2 Å². The molecule has 0 N–H and O–H groups in total. The Balaban J connectivity index is 1.26. The molecular weight excluding hydrogens is 723 g/mol. The Morgan fingerprint density at radius 1 is 0.837 bits per heavy atom. The maximum atomic E-state index is 7.18. The number of hydrogen-bond acceptors (Lipinski definition) is 5. The normalized spacial score (nSPS) is 24.6. The number of benzene rings is 4. The largest absolute Gasteiger partial charge is 0.377 e. The van der Waals surface area contributed by atoms with Crippen LogP contribution < -0.4 is 0 Å². The lowest BCUT2D eigenvalue weighted by Crippen LogP contribution is -2.62. The van der Waals surface area contributed by atoms with Crippen molar-refractivity contribution >= 4 is 22.6 Å². The highest BCUT2D eigenvalue weighted by Crippen LogP contribution is 2.54. The number of halogens is 1. The van der Waals surface area contributed by atoms with Crippen molar-refractivity contribution in [2.75, 3.05) is 24.2 Å². The van der Waals surface area contributed by atoms with Gasteiger partial charge in [-0.15, -0.1) is 6.58 Å². The lowest BCUT2D eigenvalue weighted by atomic mass is 9.78. The van der Waals surface area contributed by atoms with Crippen LogP contribution in [-0.4, -0.2) is 42.1 Å². The second-order valence-electron chi connectivity index (χ2n) is 13.5. The van der Waals surface area contributed by atoms with Gasteiger partial charge in [-0.1, -0.05) is 133 Å². The van der Waals surface area contributed by atoms with E-state index in [1.54, 1.807) is 6.08 Å². The van der Waals surface area contributed by atoms with E-state index in [-0.39, 0.29) is 12.0 Å². The summed E-state index contributed by atoms with van der Waals surface area (Å²) >= 11 is 2.45. The van der Waals surface area contributed by atoms with Crippen LogP contribution in [0.2, 0.25) is 0 Å². The van der Waals surface area contributed by atoms with Gasteiger partial charge < -0.3 is 23.7 Å². The number of hydrogen-bond donors (Lipinski definition) is 0. The molecule has 0 unspecified atom stereocenters. The van der Waals surface area contributed by atoms with E-state index in [0.29, 0.717) is 26.4 Å². The Bertz CT molecular complexity index is 1630. The van der Waals surface area contributed by atoms with Crippen molar-refractivity contribution < 1.29 is 23.7 Å². The Morgan fingerprint density at radius 2 is 1.51 bits per heavy atom. The van der Waals surface area contributed by atoms with Gasteiger partial charge in [0.05, 0.1) is 32.5 Å². The Labute approximate surface area is 306 Å². The van der Waals surface area contributed by atoms with Crippen molar-refractivity contribution in [3.63, 3.8) is 0 Å². The molecule has 0 saturated carbocycles. The minimum atomic E-state index is -1.10. The van der Waals surface area contributed by atoms with Crippen molar-refractivity contribution in [2.24, 2.45) is 5.92 Å². The third-order valence-corrected chi connectivity index (χ3v) is 11.4. The molecule has 0 amide bonds. The van der Waals surface area contributed by atoms with E-state index < -0.39 is 17.5 Å². The molecule has 2 heterocycles. The van der Waals surface area contributed by atoms with Crippen LogP contribution in [0.5, 0.6) is 0 Å². The van der Waals surface area contributed by atoms with E-state index in [0.717, 1.165) is 53.4 Å². The van der Waals surface area contributed by atoms with Crippen molar-refractivity contribution in [3.8, 4) is 0 Å². The maximum absolute atomic E-state index is 7.18. The van der Waals surface area contributed by atoms with E-state index in [1.165, 1.54) is 22.3 Å². The molecule has 0 aliphatic carbocycles. The summed E-state index contributed by atoms with van der Waals surface area (Å²) in [5.41, 5.74) is 7.85. The zero-order valence-electron chi connectivity index (χ0n) is 28.8. The van der Waals surface area contributed by atoms with E-state index in [1.807, 2.05) is 24.3 Å². The van der Waals surface area contributed by atoms with Gasteiger partial charge in [0.1, 0.15) is 11.7 Å². The van der Waals surface area contributed by atoms with Crippen LogP contribution >= 0.6 is 22.6 Å². The zero-order valence-corrected chi connectivity index (χ0v) is 31.0. The van der Waals surface area contributed by atoms with Gasteiger partial charge in [0.25, 0.3) is 0 Å². The third kappa shape index (κ3) is 8.38. The molecular formula is C43H49IO5. The van der Waals surface area contributed by atoms with Gasteiger partial charge in [-0.2, -0.15) is 0 Å². The molecule has 6 rings (SSSR count). The van der Waals surface area contributed by atoms with Gasteiger partial charge >= 0.3 is 0 Å². The second-order valence-corrected chi connectivity index (χ2v) is 14.2. The second kappa shape index (κ2) is 16.9. The molecule has 2 saturated heterocycles. The molecule has 2 fully saturated rings. The predicted molar refractivity (Wildman–Crippen MR) is 204 cm³/mol. The molecule has 0 spiro atoms. The summed E-state index contributed by atoms with van der Waals surface area (Å²) < 4.78 is 34.1. The average molecular weight is 773 g/mol. The smallest absolute Gasteiger partial charge is 0.225 e. The summed E-state index contributed by atoms with van der Waals surface area (Å²) in [5, 5.41) is 0. The van der Waals surface area contributed by atoms with Gasteiger partial charge in [-0.25, -0.2) is 0 Å². The molecule has 49 heavy (non-hydrogen) atoms. The highest BCUT2D eigenvalue weighted by Gasteiger charge is 2.67. The van der Waals surface area contributed by atoms with Crippen LogP contribution in [0, 0.1) is 12.8 Å². The fourth-order valence-corrected chi connectivity index (χ4v) is 8.08. The summed E-state index contributed by atoms with van der Waals surface area (Å²) in [5.74, 6) is -1.05. The summed E-state index contributed by atoms with van der Waals surface area (Å²) in [7, 11) is 0. The average Bonchev–Trinajstić information content (AvgIpc) is 3.51. The molecule has 4 aromatic rings. The first-order chi connectivity index (χ1) is 24.0. The highest BCUT2D eigenvalue weighted by molar-refractivity contribution is 14.1. The van der Waals surface area contributed by atoms with Crippen LogP contribution in [0.15, 0.2) is 116 Å². The van der Waals surface area contributed by atoms with Gasteiger partial charge in [0.2, 0.25) is 5.79 Å². The van der Waals surface area contributed by atoms with Crippen LogP contribution in [-0.2, 0) is 55.5 Å². The summed E-state index contributed by atoms with van der Waals surface area (Å²) in [6.07, 6.45) is 5.11. The third-order valence-electron chi connectivity index (χ3n) is 10.1. The Kier molecular flexibility index (Phi) is 12.4. The van der Waals surface area contributed by atoms with Crippen LogP contribution in [0.4, 0.5) is 0 Å². The van der Waals surface area contributed by atoms with Crippen molar-refractivity contribution in [2.45, 2.75) is 76.3 Å². The van der Waals surface area contributed by atoms with Gasteiger partial charge in [0.15, 0.2) is 0 Å². The fourth-order valence-electron chi connectivity index (χ4n) is 7.01. The molecule has 2 aliphatic heterocycles. The molecule has 2 aliphatic rings. The molecule has 5 atom stereocenters. The van der Waals surface area contributed by atoms with E-state index in [2.05, 4.69) is 122 Å². The van der Waals surface area contributed by atoms with Crippen molar-refractivity contribution in [3.05, 3.63) is 155 Å². The highest BCUT2D eigenvalue weighted by atomic mass is 127. The maximum Gasteiger partial charge on any atom is 0.225 e. The van der Waals surface area contributed by atoms with Crippen LogP contribution in [0.25, 0.3) is 0 Å². The van der Waals surface area contributed by atoms with Gasteiger partial charge in [-0.3, -0.25) is 0 Å². The van der Waals surface area contributed by atoms with Gasteiger partial charge in [0, 0.05) is 22.5 Å². The predicted octanol–water partition coefficient (Wildman–Crippen LogP) is 9.31. The molecule has 6 heteroatoms. The lowest BCUT2D eigenvalue weighted by Gasteiger charge is -2.50. The zero-order chi connectivity index (χ0) is 34.1. The van der Waals surface area contributed by atoms with Crippen molar-refractivity contribution in [1.29, 1.82) is 0 Å². The van der Waals surface area contributed by atoms with Crippen molar-refractivity contribution in [1.82, 2.24) is 0 Å². The fraction of sp³-hybridized carbons (Fsp3) is 0.395. The minimum Gasteiger partial charge on any atom is -0.377 e. The Morgan fingerprint density at radius 3 is 2.18 bits per heavy atom. The summed E-state index contributed by atoms with van der Waals surface area (Å²) in [4.78, 5) is 0. The standard InChI is InChI=1S/C43H49IO5/c1-4-24-45-25-12-11-13-34-19-21-35(22-20-34)26-38-27-39(23-18-32(38)2)43-41(47-29-37-16-9-6-10-17-37)40(46-28-36-14-7-5-8-15-36)33(3)42(30-44,49-43)31-48-43/h4-10,14-23,27,33,40-41H,1,11-13,24-26,28-31H2,2-3H3/t33-,40-,41+,42-,43-/m0/s1.